The zero-order chi connectivity index (χ0) is 18.9. The van der Waals surface area contributed by atoms with E-state index in [0.29, 0.717) is 11.7 Å². The van der Waals surface area contributed by atoms with Gasteiger partial charge in [-0.05, 0) is 55.8 Å². The number of H-pyrrole nitrogens is 1. The summed E-state index contributed by atoms with van der Waals surface area (Å²) in [7, 11) is -0.409. The van der Waals surface area contributed by atoms with Gasteiger partial charge in [-0.1, -0.05) is 30.3 Å². The Hall–Kier alpha value is -1.79. The minimum Gasteiger partial charge on any atom is -0.348 e. The van der Waals surface area contributed by atoms with E-state index in [1.54, 1.807) is 11.3 Å². The molecule has 0 radical (unpaired) electrons. The van der Waals surface area contributed by atoms with E-state index < -0.39 is 10.0 Å². The molecule has 1 aliphatic rings. The van der Waals surface area contributed by atoms with E-state index in [2.05, 4.69) is 39.9 Å². The second-order valence-corrected chi connectivity index (χ2v) is 13.3. The maximum atomic E-state index is 12.7. The summed E-state index contributed by atoms with van der Waals surface area (Å²) in [4.78, 5) is 20.6. The van der Waals surface area contributed by atoms with Crippen LogP contribution in [0.2, 0.25) is 0 Å². The number of fused-ring (bicyclic) bond motifs is 1. The second kappa shape index (κ2) is 7.68. The highest BCUT2D eigenvalue weighted by molar-refractivity contribution is 8.32. The molecular weight excluding hydrogens is 374 g/mol. The summed E-state index contributed by atoms with van der Waals surface area (Å²) in [5.74, 6) is 2.65. The molecule has 0 spiro atoms. The first-order chi connectivity index (χ1) is 13.0. The van der Waals surface area contributed by atoms with Gasteiger partial charge in [0.25, 0.3) is 5.91 Å². The van der Waals surface area contributed by atoms with Crippen LogP contribution in [0.4, 0.5) is 0 Å². The minimum absolute atomic E-state index is 0.00126. The van der Waals surface area contributed by atoms with Crippen molar-refractivity contribution in [1.29, 1.82) is 0 Å². The van der Waals surface area contributed by atoms with Crippen LogP contribution in [0, 0.1) is 0 Å². The lowest BCUT2D eigenvalue weighted by Crippen LogP contribution is -2.36. The fourth-order valence-corrected chi connectivity index (χ4v) is 6.81. The molecule has 4 nitrogen and oxygen atoms in total. The number of nitrogens with one attached hydrogen (secondary N) is 2. The summed E-state index contributed by atoms with van der Waals surface area (Å²) in [5, 5.41) is 4.22. The average molecular weight is 402 g/mol. The minimum atomic E-state index is -0.409. The Bertz CT molecular complexity index is 886. The molecule has 1 aromatic carbocycles. The van der Waals surface area contributed by atoms with E-state index in [-0.39, 0.29) is 5.91 Å². The van der Waals surface area contributed by atoms with Crippen LogP contribution in [0.5, 0.6) is 0 Å². The van der Waals surface area contributed by atoms with Crippen LogP contribution >= 0.6 is 21.4 Å². The summed E-state index contributed by atoms with van der Waals surface area (Å²) in [6, 6.07) is 12.4. The predicted molar refractivity (Wildman–Crippen MR) is 118 cm³/mol. The number of hydrogen-bond acceptors (Lipinski definition) is 3. The monoisotopic (exact) mass is 401 g/mol. The van der Waals surface area contributed by atoms with Crippen molar-refractivity contribution in [3.8, 4) is 10.6 Å². The van der Waals surface area contributed by atoms with Gasteiger partial charge in [0, 0.05) is 11.6 Å². The van der Waals surface area contributed by atoms with E-state index in [4.69, 9.17) is 0 Å². The topological polar surface area (TPSA) is 57.8 Å². The molecule has 6 heteroatoms. The number of aromatic nitrogens is 2. The number of amides is 1. The van der Waals surface area contributed by atoms with Gasteiger partial charge in [-0.15, -0.1) is 11.3 Å². The molecule has 0 atom stereocenters. The average Bonchev–Trinajstić information content (AvgIpc) is 3.19. The molecule has 1 saturated heterocycles. The quantitative estimate of drug-likeness (QED) is 0.647. The van der Waals surface area contributed by atoms with Crippen molar-refractivity contribution in [3.05, 3.63) is 42.1 Å². The third-order valence-corrected chi connectivity index (χ3v) is 9.12. The molecule has 2 aromatic heterocycles. The lowest BCUT2D eigenvalue weighted by atomic mass is 10.1. The van der Waals surface area contributed by atoms with E-state index in [0.717, 1.165) is 33.8 Å². The molecule has 0 aliphatic carbocycles. The van der Waals surface area contributed by atoms with Gasteiger partial charge >= 0.3 is 0 Å². The Morgan fingerprint density at radius 2 is 1.89 bits per heavy atom. The first-order valence-electron chi connectivity index (χ1n) is 9.55. The molecule has 1 fully saturated rings. The van der Waals surface area contributed by atoms with Crippen LogP contribution in [0.3, 0.4) is 0 Å². The van der Waals surface area contributed by atoms with Gasteiger partial charge in [0.2, 0.25) is 0 Å². The number of rotatable bonds is 3. The van der Waals surface area contributed by atoms with Gasteiger partial charge in [-0.3, -0.25) is 4.79 Å². The van der Waals surface area contributed by atoms with Crippen LogP contribution in [-0.4, -0.2) is 45.9 Å². The zero-order valence-electron chi connectivity index (χ0n) is 16.0. The SMILES string of the molecule is CS1(C)CCCC(NC(=O)c2cc3sc(-c4ccccc4)nc3[nH]2)CCC1. The fourth-order valence-electron chi connectivity index (χ4n) is 3.74. The highest BCUT2D eigenvalue weighted by Gasteiger charge is 2.21. The van der Waals surface area contributed by atoms with E-state index in [9.17, 15) is 4.79 Å². The summed E-state index contributed by atoms with van der Waals surface area (Å²) < 4.78 is 1.03. The van der Waals surface area contributed by atoms with Crippen molar-refractivity contribution < 1.29 is 4.79 Å². The molecule has 4 rings (SSSR count). The molecule has 1 amide bonds. The molecule has 0 saturated carbocycles. The summed E-state index contributed by atoms with van der Waals surface area (Å²) in [6.45, 7) is 0. The van der Waals surface area contributed by atoms with Crippen molar-refractivity contribution in [2.24, 2.45) is 0 Å². The van der Waals surface area contributed by atoms with Crippen molar-refractivity contribution in [3.63, 3.8) is 0 Å². The molecule has 1 aliphatic heterocycles. The van der Waals surface area contributed by atoms with E-state index >= 15 is 0 Å². The Labute approximate surface area is 166 Å². The van der Waals surface area contributed by atoms with E-state index in [1.807, 2.05) is 24.3 Å². The lowest BCUT2D eigenvalue weighted by molar-refractivity contribution is 0.0928. The summed E-state index contributed by atoms with van der Waals surface area (Å²) in [5.41, 5.74) is 2.53. The number of thiazole rings is 1. The van der Waals surface area contributed by atoms with Crippen molar-refractivity contribution in [1.82, 2.24) is 15.3 Å². The maximum Gasteiger partial charge on any atom is 0.268 e. The van der Waals surface area contributed by atoms with Crippen molar-refractivity contribution >= 4 is 37.6 Å². The Morgan fingerprint density at radius 3 is 2.56 bits per heavy atom. The molecule has 0 bridgehead atoms. The third-order valence-electron chi connectivity index (χ3n) is 5.28. The van der Waals surface area contributed by atoms with Gasteiger partial charge in [0.05, 0.1) is 4.70 Å². The fraction of sp³-hybridized carbons (Fsp3) is 0.429. The van der Waals surface area contributed by atoms with Gasteiger partial charge in [-0.25, -0.2) is 15.0 Å². The zero-order valence-corrected chi connectivity index (χ0v) is 17.6. The number of carbonyl (C=O) groups is 1. The molecule has 0 unspecified atom stereocenters. The number of hydrogen-bond donors (Lipinski definition) is 2. The van der Waals surface area contributed by atoms with Crippen molar-refractivity contribution in [2.45, 2.75) is 31.7 Å². The largest absolute Gasteiger partial charge is 0.348 e. The Morgan fingerprint density at radius 1 is 1.19 bits per heavy atom. The maximum absolute atomic E-state index is 12.7. The second-order valence-electron chi connectivity index (χ2n) is 7.91. The first-order valence-corrected chi connectivity index (χ1v) is 13.2. The summed E-state index contributed by atoms with van der Waals surface area (Å²) in [6.07, 6.45) is 9.49. The molecule has 27 heavy (non-hydrogen) atoms. The number of benzene rings is 1. The number of carbonyl (C=O) groups excluding carboxylic acids is 1. The number of aromatic amines is 1. The predicted octanol–water partition coefficient (Wildman–Crippen LogP) is 5.03. The lowest BCUT2D eigenvalue weighted by Gasteiger charge is -2.35. The van der Waals surface area contributed by atoms with Crippen molar-refractivity contribution in [2.75, 3.05) is 24.0 Å². The molecular formula is C21H27N3OS2. The van der Waals surface area contributed by atoms with Gasteiger partial charge in [-0.2, -0.15) is 0 Å². The van der Waals surface area contributed by atoms with Gasteiger partial charge < -0.3 is 10.3 Å². The van der Waals surface area contributed by atoms with Crippen LogP contribution in [-0.2, 0) is 0 Å². The van der Waals surface area contributed by atoms with Crippen LogP contribution < -0.4 is 5.32 Å². The molecule has 2 N–H and O–H groups in total. The highest BCUT2D eigenvalue weighted by Crippen LogP contribution is 2.43. The van der Waals surface area contributed by atoms with Crippen LogP contribution in [0.1, 0.15) is 36.2 Å². The smallest absolute Gasteiger partial charge is 0.268 e. The Balaban J connectivity index is 1.43. The molecule has 3 aromatic rings. The van der Waals surface area contributed by atoms with E-state index in [1.165, 1.54) is 24.3 Å². The third kappa shape index (κ3) is 4.38. The van der Waals surface area contributed by atoms with Crippen LogP contribution in [0.15, 0.2) is 36.4 Å². The normalized spacial score (nSPS) is 19.3. The van der Waals surface area contributed by atoms with Gasteiger partial charge in [0.1, 0.15) is 16.3 Å². The molecule has 3 heterocycles. The molecule has 144 valence electrons. The Kier molecular flexibility index (Phi) is 5.28. The first kappa shape index (κ1) is 18.6. The number of nitrogens with zero attached hydrogens (tertiary/aromatic N) is 1. The highest BCUT2D eigenvalue weighted by atomic mass is 32.3. The summed E-state index contributed by atoms with van der Waals surface area (Å²) >= 11 is 1.62. The van der Waals surface area contributed by atoms with Gasteiger partial charge in [0.15, 0.2) is 0 Å². The standard InChI is InChI=1S/C21H27N3OS2/c1-27(2)12-6-10-16(11-7-13-27)22-20(25)17-14-18-19(23-17)24-21(26-18)15-8-4-3-5-9-15/h3-5,8-9,14,16,23H,6-7,10-13H2,1-2H3,(H,22,25). The van der Waals surface area contributed by atoms with Crippen LogP contribution in [0.25, 0.3) is 20.9 Å².